The first-order valence-electron chi connectivity index (χ1n) is 5.11. The van der Waals surface area contributed by atoms with Crippen molar-refractivity contribution in [3.63, 3.8) is 0 Å². The third kappa shape index (κ3) is 2.83. The first-order valence-corrected chi connectivity index (χ1v) is 5.49. The van der Waals surface area contributed by atoms with E-state index in [0.29, 0.717) is 22.6 Å². The summed E-state index contributed by atoms with van der Waals surface area (Å²) in [6.07, 6.45) is 0.708. The Morgan fingerprint density at radius 2 is 2.06 bits per heavy atom. The Labute approximate surface area is 99.8 Å². The fourth-order valence-electron chi connectivity index (χ4n) is 1.43. The van der Waals surface area contributed by atoms with Crippen LogP contribution in [0.5, 0.6) is 0 Å². The molecule has 0 saturated carbocycles. The normalized spacial score (nSPS) is 9.94. The molecule has 0 aliphatic heterocycles. The van der Waals surface area contributed by atoms with Gasteiger partial charge in [0.15, 0.2) is 0 Å². The van der Waals surface area contributed by atoms with Gasteiger partial charge in [-0.2, -0.15) is 0 Å². The molecular formula is C12H14ClNO2. The fraction of sp³-hybridized carbons (Fsp3) is 0.333. The number of rotatable bonds is 4. The smallest absolute Gasteiger partial charge is 0.252 e. The Bertz CT molecular complexity index is 415. The van der Waals surface area contributed by atoms with Gasteiger partial charge in [-0.25, -0.2) is 0 Å². The molecule has 0 fully saturated rings. The SMILES string of the molecule is CCC(=O)Cc1cccc(Cl)c1C(=O)NC. The predicted molar refractivity (Wildman–Crippen MR) is 63.8 cm³/mol. The van der Waals surface area contributed by atoms with E-state index in [0.717, 1.165) is 0 Å². The summed E-state index contributed by atoms with van der Waals surface area (Å²) in [4.78, 5) is 23.0. The number of carbonyl (C=O) groups is 2. The predicted octanol–water partition coefficient (Wildman–Crippen LogP) is 2.22. The summed E-state index contributed by atoms with van der Waals surface area (Å²) in [7, 11) is 1.54. The highest BCUT2D eigenvalue weighted by molar-refractivity contribution is 6.34. The lowest BCUT2D eigenvalue weighted by molar-refractivity contribution is -0.118. The molecule has 0 atom stereocenters. The molecule has 3 nitrogen and oxygen atoms in total. The molecule has 4 heteroatoms. The second-order valence-corrected chi connectivity index (χ2v) is 3.83. The lowest BCUT2D eigenvalue weighted by atomic mass is 10.0. The van der Waals surface area contributed by atoms with E-state index in [1.807, 2.05) is 0 Å². The van der Waals surface area contributed by atoms with E-state index in [1.54, 1.807) is 25.1 Å². The first-order chi connectivity index (χ1) is 7.60. The summed E-state index contributed by atoms with van der Waals surface area (Å²) >= 11 is 5.96. The van der Waals surface area contributed by atoms with E-state index in [-0.39, 0.29) is 18.1 Å². The number of amides is 1. The fourth-order valence-corrected chi connectivity index (χ4v) is 1.71. The largest absolute Gasteiger partial charge is 0.355 e. The van der Waals surface area contributed by atoms with E-state index in [4.69, 9.17) is 11.6 Å². The van der Waals surface area contributed by atoms with Crippen molar-refractivity contribution in [2.24, 2.45) is 0 Å². The van der Waals surface area contributed by atoms with Gasteiger partial charge in [0, 0.05) is 19.9 Å². The molecule has 1 amide bonds. The minimum Gasteiger partial charge on any atom is -0.355 e. The van der Waals surface area contributed by atoms with E-state index >= 15 is 0 Å². The number of hydrogen-bond acceptors (Lipinski definition) is 2. The molecule has 0 spiro atoms. The summed E-state index contributed by atoms with van der Waals surface area (Å²) in [6, 6.07) is 5.14. The van der Waals surface area contributed by atoms with Crippen LogP contribution in [0.3, 0.4) is 0 Å². The van der Waals surface area contributed by atoms with Crippen LogP contribution < -0.4 is 5.32 Å². The summed E-state index contributed by atoms with van der Waals surface area (Å²) in [5, 5.41) is 2.89. The van der Waals surface area contributed by atoms with E-state index in [2.05, 4.69) is 5.32 Å². The van der Waals surface area contributed by atoms with Crippen LogP contribution in [0.2, 0.25) is 5.02 Å². The van der Waals surface area contributed by atoms with Gasteiger partial charge in [-0.1, -0.05) is 30.7 Å². The van der Waals surface area contributed by atoms with E-state index in [1.165, 1.54) is 7.05 Å². The van der Waals surface area contributed by atoms with Gasteiger partial charge in [0.25, 0.3) is 5.91 Å². The lowest BCUT2D eigenvalue weighted by Gasteiger charge is -2.09. The van der Waals surface area contributed by atoms with Crippen LogP contribution >= 0.6 is 11.6 Å². The molecule has 0 aliphatic carbocycles. The topological polar surface area (TPSA) is 46.2 Å². The van der Waals surface area contributed by atoms with E-state index in [9.17, 15) is 9.59 Å². The Balaban J connectivity index is 3.12. The van der Waals surface area contributed by atoms with Crippen molar-refractivity contribution in [1.82, 2.24) is 5.32 Å². The molecule has 1 rings (SSSR count). The van der Waals surface area contributed by atoms with Crippen LogP contribution in [0.1, 0.15) is 29.3 Å². The molecule has 0 radical (unpaired) electrons. The van der Waals surface area contributed by atoms with E-state index < -0.39 is 0 Å². The zero-order valence-corrected chi connectivity index (χ0v) is 10.1. The Morgan fingerprint density at radius 3 is 2.62 bits per heavy atom. The second-order valence-electron chi connectivity index (χ2n) is 3.42. The average Bonchev–Trinajstić information content (AvgIpc) is 2.28. The number of halogens is 1. The molecule has 0 unspecified atom stereocenters. The van der Waals surface area contributed by atoms with Crippen LogP contribution in [-0.2, 0) is 11.2 Å². The van der Waals surface area contributed by atoms with Gasteiger partial charge >= 0.3 is 0 Å². The van der Waals surface area contributed by atoms with Gasteiger partial charge in [-0.05, 0) is 11.6 Å². The molecule has 0 aliphatic rings. The highest BCUT2D eigenvalue weighted by atomic mass is 35.5. The zero-order valence-electron chi connectivity index (χ0n) is 9.34. The van der Waals surface area contributed by atoms with Gasteiger partial charge in [0.2, 0.25) is 0 Å². The Hall–Kier alpha value is -1.35. The lowest BCUT2D eigenvalue weighted by Crippen LogP contribution is -2.21. The van der Waals surface area contributed by atoms with Gasteiger partial charge in [-0.15, -0.1) is 0 Å². The van der Waals surface area contributed by atoms with Crippen molar-refractivity contribution in [3.8, 4) is 0 Å². The standard InChI is InChI=1S/C12H14ClNO2/c1-3-9(15)7-8-5-4-6-10(13)11(8)12(16)14-2/h4-6H,3,7H2,1-2H3,(H,14,16). The molecule has 86 valence electrons. The number of carbonyl (C=O) groups excluding carboxylic acids is 2. The number of benzene rings is 1. The van der Waals surface area contributed by atoms with Crippen molar-refractivity contribution in [1.29, 1.82) is 0 Å². The third-order valence-corrected chi connectivity index (χ3v) is 2.65. The maximum Gasteiger partial charge on any atom is 0.252 e. The minimum atomic E-state index is -0.260. The number of ketones is 1. The third-order valence-electron chi connectivity index (χ3n) is 2.34. The van der Waals surface area contributed by atoms with Crippen LogP contribution in [0.25, 0.3) is 0 Å². The highest BCUT2D eigenvalue weighted by Crippen LogP contribution is 2.20. The van der Waals surface area contributed by atoms with Crippen LogP contribution in [0.4, 0.5) is 0 Å². The summed E-state index contributed by atoms with van der Waals surface area (Å²) < 4.78 is 0. The molecule has 0 bridgehead atoms. The molecular weight excluding hydrogens is 226 g/mol. The van der Waals surface area contributed by atoms with Crippen molar-refractivity contribution < 1.29 is 9.59 Å². The van der Waals surface area contributed by atoms with Gasteiger partial charge in [0.05, 0.1) is 10.6 Å². The maximum absolute atomic E-state index is 11.6. The number of hydrogen-bond donors (Lipinski definition) is 1. The van der Waals surface area contributed by atoms with Crippen molar-refractivity contribution in [2.45, 2.75) is 19.8 Å². The maximum atomic E-state index is 11.6. The van der Waals surface area contributed by atoms with Gasteiger partial charge in [0.1, 0.15) is 5.78 Å². The number of Topliss-reactive ketones (excluding diaryl/α,β-unsaturated/α-hetero) is 1. The van der Waals surface area contributed by atoms with Crippen LogP contribution in [0.15, 0.2) is 18.2 Å². The summed E-state index contributed by atoms with van der Waals surface area (Å²) in [5.74, 6) is -0.170. The molecule has 0 aromatic heterocycles. The molecule has 0 heterocycles. The number of nitrogens with one attached hydrogen (secondary N) is 1. The van der Waals surface area contributed by atoms with Gasteiger partial charge < -0.3 is 5.32 Å². The van der Waals surface area contributed by atoms with Crippen molar-refractivity contribution >= 4 is 23.3 Å². The zero-order chi connectivity index (χ0) is 12.1. The molecule has 1 N–H and O–H groups in total. The minimum absolute atomic E-state index is 0.0902. The molecule has 16 heavy (non-hydrogen) atoms. The van der Waals surface area contributed by atoms with Gasteiger partial charge in [-0.3, -0.25) is 9.59 Å². The summed E-state index contributed by atoms with van der Waals surface area (Å²) in [6.45, 7) is 1.80. The molecule has 1 aromatic rings. The van der Waals surface area contributed by atoms with Crippen LogP contribution in [-0.4, -0.2) is 18.7 Å². The quantitative estimate of drug-likeness (QED) is 0.876. The first kappa shape index (κ1) is 12.7. The summed E-state index contributed by atoms with van der Waals surface area (Å²) in [5.41, 5.74) is 1.08. The van der Waals surface area contributed by atoms with Crippen LogP contribution in [0, 0.1) is 0 Å². The Kier molecular flexibility index (Phi) is 4.50. The molecule has 1 aromatic carbocycles. The average molecular weight is 240 g/mol. The Morgan fingerprint density at radius 1 is 1.38 bits per heavy atom. The van der Waals surface area contributed by atoms with Crippen molar-refractivity contribution in [2.75, 3.05) is 7.05 Å². The highest BCUT2D eigenvalue weighted by Gasteiger charge is 2.15. The van der Waals surface area contributed by atoms with Crippen molar-refractivity contribution in [3.05, 3.63) is 34.3 Å². The molecule has 0 saturated heterocycles. The second kappa shape index (κ2) is 5.66. The monoisotopic (exact) mass is 239 g/mol.